The van der Waals surface area contributed by atoms with Crippen molar-refractivity contribution in [2.75, 3.05) is 16.3 Å². The summed E-state index contributed by atoms with van der Waals surface area (Å²) in [5, 5.41) is 13.4. The summed E-state index contributed by atoms with van der Waals surface area (Å²) in [6.07, 6.45) is 1.02. The van der Waals surface area contributed by atoms with Gasteiger partial charge in [0.2, 0.25) is 10.0 Å². The second kappa shape index (κ2) is 8.62. The first-order chi connectivity index (χ1) is 14.2. The molecule has 30 heavy (non-hydrogen) atoms. The molecule has 3 aromatic rings. The second-order valence-electron chi connectivity index (χ2n) is 6.26. The minimum atomic E-state index is -3.55. The molecule has 0 saturated carbocycles. The number of para-hydroxylation sites is 1. The molecule has 1 amide bonds. The third-order valence-electron chi connectivity index (χ3n) is 3.85. The summed E-state index contributed by atoms with van der Waals surface area (Å²) in [6, 6.07) is 18.3. The lowest BCUT2D eigenvalue weighted by Crippen LogP contribution is -2.13. The van der Waals surface area contributed by atoms with Crippen LogP contribution in [0.3, 0.4) is 0 Å². The number of anilines is 2. The van der Waals surface area contributed by atoms with Crippen molar-refractivity contribution < 1.29 is 22.9 Å². The molecule has 0 heterocycles. The first kappa shape index (κ1) is 20.8. The van der Waals surface area contributed by atoms with Gasteiger partial charge in [-0.25, -0.2) is 8.42 Å². The number of carbonyl (C=O) groups excluding carboxylic acids is 1. The lowest BCUT2D eigenvalue weighted by Gasteiger charge is -2.14. The van der Waals surface area contributed by atoms with Crippen LogP contribution in [-0.4, -0.2) is 25.5 Å². The average Bonchev–Trinajstić information content (AvgIpc) is 2.70. The molecular weight excluding hydrogens is 410 g/mol. The molecule has 154 valence electrons. The van der Waals surface area contributed by atoms with Crippen molar-refractivity contribution >= 4 is 33.0 Å². The molecule has 10 heteroatoms. The lowest BCUT2D eigenvalue weighted by atomic mass is 10.2. The van der Waals surface area contributed by atoms with Crippen LogP contribution in [-0.2, 0) is 10.0 Å². The molecule has 0 spiro atoms. The molecule has 3 aromatic carbocycles. The van der Waals surface area contributed by atoms with Crippen LogP contribution in [0.15, 0.2) is 72.8 Å². The first-order valence-corrected chi connectivity index (χ1v) is 10.5. The number of carbonyl (C=O) groups is 1. The number of nitrogens with one attached hydrogen (secondary N) is 2. The van der Waals surface area contributed by atoms with E-state index in [2.05, 4.69) is 10.0 Å². The van der Waals surface area contributed by atoms with Gasteiger partial charge in [-0.1, -0.05) is 18.2 Å². The van der Waals surface area contributed by atoms with E-state index in [9.17, 15) is 23.3 Å². The van der Waals surface area contributed by atoms with Crippen LogP contribution in [0, 0.1) is 10.1 Å². The van der Waals surface area contributed by atoms with Crippen molar-refractivity contribution in [3.8, 4) is 11.5 Å². The largest absolute Gasteiger partial charge is 0.455 e. The van der Waals surface area contributed by atoms with E-state index in [1.807, 2.05) is 6.07 Å². The number of rotatable bonds is 7. The van der Waals surface area contributed by atoms with Gasteiger partial charge in [0.15, 0.2) is 5.75 Å². The number of ether oxygens (including phenoxy) is 1. The topological polar surface area (TPSA) is 128 Å². The number of sulfonamides is 1. The van der Waals surface area contributed by atoms with E-state index in [4.69, 9.17) is 4.74 Å². The zero-order chi connectivity index (χ0) is 21.7. The summed E-state index contributed by atoms with van der Waals surface area (Å²) in [5.74, 6) is 0.181. The summed E-state index contributed by atoms with van der Waals surface area (Å²) in [5.41, 5.74) is 0.656. The number of nitro groups is 1. The third-order valence-corrected chi connectivity index (χ3v) is 4.44. The van der Waals surface area contributed by atoms with E-state index >= 15 is 0 Å². The van der Waals surface area contributed by atoms with Gasteiger partial charge < -0.3 is 10.1 Å². The Labute approximate surface area is 172 Å². The summed E-state index contributed by atoms with van der Waals surface area (Å²) in [7, 11) is -3.55. The Hall–Kier alpha value is -3.92. The summed E-state index contributed by atoms with van der Waals surface area (Å²) in [4.78, 5) is 22.6. The van der Waals surface area contributed by atoms with Crippen LogP contribution in [0.5, 0.6) is 11.5 Å². The van der Waals surface area contributed by atoms with Gasteiger partial charge in [0.05, 0.1) is 16.9 Å². The van der Waals surface area contributed by atoms with Crippen LogP contribution >= 0.6 is 0 Å². The van der Waals surface area contributed by atoms with Crippen LogP contribution in [0.4, 0.5) is 17.1 Å². The van der Waals surface area contributed by atoms with Crippen LogP contribution < -0.4 is 14.8 Å². The van der Waals surface area contributed by atoms with E-state index in [0.717, 1.165) is 6.26 Å². The highest BCUT2D eigenvalue weighted by Crippen LogP contribution is 2.33. The zero-order valence-electron chi connectivity index (χ0n) is 15.7. The Morgan fingerprint density at radius 3 is 2.27 bits per heavy atom. The van der Waals surface area contributed by atoms with Crippen molar-refractivity contribution in [3.63, 3.8) is 0 Å². The standard InChI is InChI=1S/C20H17N3O6S/c1-30(27,28)22-18-12-9-15(13-19(18)29-17-5-3-2-4-6-17)21-20(24)14-7-10-16(11-8-14)23(25)26/h2-13,22H,1H3,(H,21,24). The van der Waals surface area contributed by atoms with Gasteiger partial charge in [-0.2, -0.15) is 0 Å². The van der Waals surface area contributed by atoms with E-state index in [1.165, 1.54) is 42.5 Å². The Kier molecular flexibility index (Phi) is 5.98. The molecule has 9 nitrogen and oxygen atoms in total. The quantitative estimate of drug-likeness (QED) is 0.433. The Morgan fingerprint density at radius 1 is 1.00 bits per heavy atom. The maximum absolute atomic E-state index is 12.4. The van der Waals surface area contributed by atoms with E-state index in [-0.39, 0.29) is 22.7 Å². The normalized spacial score (nSPS) is 10.8. The van der Waals surface area contributed by atoms with E-state index < -0.39 is 20.9 Å². The van der Waals surface area contributed by atoms with Gasteiger partial charge in [-0.05, 0) is 36.4 Å². The van der Waals surface area contributed by atoms with Gasteiger partial charge in [0.1, 0.15) is 5.75 Å². The Bertz CT molecular complexity index is 1180. The fraction of sp³-hybridized carbons (Fsp3) is 0.0500. The fourth-order valence-corrected chi connectivity index (χ4v) is 3.09. The smallest absolute Gasteiger partial charge is 0.269 e. The molecule has 2 N–H and O–H groups in total. The van der Waals surface area contributed by atoms with Gasteiger partial charge in [-0.3, -0.25) is 19.6 Å². The summed E-state index contributed by atoms with van der Waals surface area (Å²) < 4.78 is 31.4. The van der Waals surface area contributed by atoms with Crippen molar-refractivity contribution in [2.45, 2.75) is 0 Å². The van der Waals surface area contributed by atoms with Gasteiger partial charge in [0.25, 0.3) is 11.6 Å². The number of hydrogen-bond acceptors (Lipinski definition) is 6. The SMILES string of the molecule is CS(=O)(=O)Nc1ccc(NC(=O)c2ccc([N+](=O)[O-])cc2)cc1Oc1ccccc1. The maximum atomic E-state index is 12.4. The Morgan fingerprint density at radius 2 is 1.67 bits per heavy atom. The molecule has 0 aliphatic heterocycles. The number of non-ortho nitro benzene ring substituents is 1. The minimum absolute atomic E-state index is 0.124. The molecular formula is C20H17N3O6S. The van der Waals surface area contributed by atoms with Crippen LogP contribution in [0.25, 0.3) is 0 Å². The Balaban J connectivity index is 1.86. The summed E-state index contributed by atoms with van der Waals surface area (Å²) in [6.45, 7) is 0. The highest BCUT2D eigenvalue weighted by Gasteiger charge is 2.14. The molecule has 0 fully saturated rings. The highest BCUT2D eigenvalue weighted by atomic mass is 32.2. The van der Waals surface area contributed by atoms with Crippen molar-refractivity contribution in [3.05, 3.63) is 88.5 Å². The van der Waals surface area contributed by atoms with Crippen LogP contribution in [0.1, 0.15) is 10.4 Å². The predicted octanol–water partition coefficient (Wildman–Crippen LogP) is 4.01. The van der Waals surface area contributed by atoms with Crippen molar-refractivity contribution in [1.29, 1.82) is 0 Å². The van der Waals surface area contributed by atoms with Crippen LogP contribution in [0.2, 0.25) is 0 Å². The zero-order valence-corrected chi connectivity index (χ0v) is 16.5. The minimum Gasteiger partial charge on any atom is -0.455 e. The number of benzene rings is 3. The molecule has 0 unspecified atom stereocenters. The average molecular weight is 427 g/mol. The third kappa shape index (κ3) is 5.55. The molecule has 0 saturated heterocycles. The van der Waals surface area contributed by atoms with Crippen molar-refractivity contribution in [1.82, 2.24) is 0 Å². The highest BCUT2D eigenvalue weighted by molar-refractivity contribution is 7.92. The van der Waals surface area contributed by atoms with Gasteiger partial charge >= 0.3 is 0 Å². The molecule has 0 aliphatic rings. The number of nitrogens with zero attached hydrogens (tertiary/aromatic N) is 1. The van der Waals surface area contributed by atoms with E-state index in [1.54, 1.807) is 24.3 Å². The number of hydrogen-bond donors (Lipinski definition) is 2. The van der Waals surface area contributed by atoms with Gasteiger partial charge in [0, 0.05) is 29.4 Å². The molecule has 3 rings (SSSR count). The molecule has 0 aliphatic carbocycles. The number of nitro benzene ring substituents is 1. The van der Waals surface area contributed by atoms with Crippen molar-refractivity contribution in [2.24, 2.45) is 0 Å². The van der Waals surface area contributed by atoms with Gasteiger partial charge in [-0.15, -0.1) is 0 Å². The second-order valence-corrected chi connectivity index (χ2v) is 8.01. The molecule has 0 bridgehead atoms. The van der Waals surface area contributed by atoms with E-state index in [0.29, 0.717) is 11.4 Å². The molecule has 0 atom stereocenters. The number of amides is 1. The molecule has 0 radical (unpaired) electrons. The first-order valence-electron chi connectivity index (χ1n) is 8.62. The predicted molar refractivity (Wildman–Crippen MR) is 112 cm³/mol. The molecule has 0 aromatic heterocycles. The monoisotopic (exact) mass is 427 g/mol. The summed E-state index contributed by atoms with van der Waals surface area (Å²) >= 11 is 0. The lowest BCUT2D eigenvalue weighted by molar-refractivity contribution is -0.384. The fourth-order valence-electron chi connectivity index (χ4n) is 2.52. The maximum Gasteiger partial charge on any atom is 0.269 e.